The molecule has 0 amide bonds. The van der Waals surface area contributed by atoms with Gasteiger partial charge in [-0.3, -0.25) is 9.59 Å². The Morgan fingerprint density at radius 3 is 2.53 bits per heavy atom. The first-order chi connectivity index (χ1) is 15.8. The van der Waals surface area contributed by atoms with Gasteiger partial charge in [0, 0.05) is 17.7 Å². The Kier molecular flexibility index (Phi) is 10.2. The minimum atomic E-state index is -1.21. The van der Waals surface area contributed by atoms with E-state index in [1.165, 1.54) is 5.57 Å². The summed E-state index contributed by atoms with van der Waals surface area (Å²) < 4.78 is 5.81. The van der Waals surface area contributed by atoms with Crippen LogP contribution in [0, 0.1) is 24.2 Å². The summed E-state index contributed by atoms with van der Waals surface area (Å²) in [5, 5.41) is 24.5. The highest BCUT2D eigenvalue weighted by atomic mass is 32.1. The number of ether oxygens (including phenoxy) is 1. The number of nitrogens with zero attached hydrogens (tertiary/aromatic N) is 1. The van der Waals surface area contributed by atoms with E-state index in [-0.39, 0.29) is 18.1 Å². The third-order valence-electron chi connectivity index (χ3n) is 7.04. The molecule has 0 fully saturated rings. The van der Waals surface area contributed by atoms with E-state index >= 15 is 0 Å². The number of rotatable bonds is 2. The molecule has 0 bridgehead atoms. The molecule has 0 aromatic carbocycles. The van der Waals surface area contributed by atoms with E-state index in [1.807, 2.05) is 32.2 Å². The molecule has 0 saturated heterocycles. The summed E-state index contributed by atoms with van der Waals surface area (Å²) in [4.78, 5) is 30.5. The monoisotopic (exact) mass is 491 g/mol. The molecule has 1 aliphatic heterocycles. The van der Waals surface area contributed by atoms with Gasteiger partial charge >= 0.3 is 5.97 Å². The normalized spacial score (nSPS) is 32.1. The van der Waals surface area contributed by atoms with Crippen molar-refractivity contribution >= 4 is 29.2 Å². The Bertz CT molecular complexity index is 916. The molecule has 2 heterocycles. The summed E-state index contributed by atoms with van der Waals surface area (Å²) in [6, 6.07) is 0. The second-order valence-corrected chi connectivity index (χ2v) is 11.5. The Morgan fingerprint density at radius 1 is 1.24 bits per heavy atom. The maximum absolute atomic E-state index is 13.2. The predicted octanol–water partition coefficient (Wildman–Crippen LogP) is 5.27. The van der Waals surface area contributed by atoms with E-state index in [4.69, 9.17) is 4.74 Å². The van der Waals surface area contributed by atoms with Crippen LogP contribution < -0.4 is 0 Å². The molecule has 6 nitrogen and oxygen atoms in total. The molecule has 1 aromatic rings. The number of thiazole rings is 1. The zero-order valence-corrected chi connectivity index (χ0v) is 22.4. The molecule has 0 aliphatic carbocycles. The lowest BCUT2D eigenvalue weighted by Crippen LogP contribution is -2.45. The molecule has 1 aromatic heterocycles. The molecule has 2 rings (SSSR count). The van der Waals surface area contributed by atoms with E-state index in [0.717, 1.165) is 35.5 Å². The smallest absolute Gasteiger partial charge is 0.309 e. The number of carbonyl (C=O) groups excluding carboxylic acids is 2. The summed E-state index contributed by atoms with van der Waals surface area (Å²) in [5.41, 5.74) is 1.71. The third kappa shape index (κ3) is 7.59. The van der Waals surface area contributed by atoms with Crippen LogP contribution in [-0.4, -0.2) is 45.3 Å². The summed E-state index contributed by atoms with van der Waals surface area (Å²) in [7, 11) is 0. The molecule has 1 aliphatic rings. The van der Waals surface area contributed by atoms with Crippen molar-refractivity contribution in [3.63, 3.8) is 0 Å². The maximum Gasteiger partial charge on any atom is 0.309 e. The van der Waals surface area contributed by atoms with Crippen LogP contribution >= 0.6 is 11.3 Å². The van der Waals surface area contributed by atoms with Crippen molar-refractivity contribution in [2.45, 2.75) is 98.9 Å². The highest BCUT2D eigenvalue weighted by molar-refractivity contribution is 7.09. The second-order valence-electron chi connectivity index (χ2n) is 10.4. The van der Waals surface area contributed by atoms with E-state index in [9.17, 15) is 19.8 Å². The van der Waals surface area contributed by atoms with Gasteiger partial charge in [0.25, 0.3) is 0 Å². The zero-order chi connectivity index (χ0) is 25.6. The molecule has 0 unspecified atom stereocenters. The molecule has 0 saturated carbocycles. The number of Topliss-reactive ketones (excluding diaryl/α,β-unsaturated/α-hetero) is 1. The van der Waals surface area contributed by atoms with Gasteiger partial charge in [0.15, 0.2) is 0 Å². The Hall–Kier alpha value is -1.83. The average Bonchev–Trinajstić information content (AvgIpc) is 3.18. The van der Waals surface area contributed by atoms with Crippen molar-refractivity contribution in [1.29, 1.82) is 0 Å². The van der Waals surface area contributed by atoms with E-state index in [1.54, 1.807) is 32.1 Å². The average molecular weight is 492 g/mol. The number of allylic oxidation sites excluding steroid dienone is 1. The topological polar surface area (TPSA) is 96.7 Å². The highest BCUT2D eigenvalue weighted by Gasteiger charge is 2.42. The molecule has 34 heavy (non-hydrogen) atoms. The molecule has 190 valence electrons. The fourth-order valence-electron chi connectivity index (χ4n) is 4.40. The quantitative estimate of drug-likeness (QED) is 0.432. The minimum Gasteiger partial charge on any atom is -0.457 e. The lowest BCUT2D eigenvalue weighted by Gasteiger charge is -2.34. The van der Waals surface area contributed by atoms with Crippen LogP contribution in [0.1, 0.15) is 84.3 Å². The number of ketones is 1. The molecular weight excluding hydrogens is 450 g/mol. The fraction of sp³-hybridized carbons (Fsp3) is 0.667. The van der Waals surface area contributed by atoms with Gasteiger partial charge in [-0.2, -0.15) is 0 Å². The van der Waals surface area contributed by atoms with Gasteiger partial charge in [0.2, 0.25) is 0 Å². The molecule has 0 radical (unpaired) electrons. The minimum absolute atomic E-state index is 0.0444. The van der Waals surface area contributed by atoms with Crippen LogP contribution in [0.2, 0.25) is 0 Å². The largest absolute Gasteiger partial charge is 0.457 e. The Morgan fingerprint density at radius 2 is 1.91 bits per heavy atom. The number of aliphatic hydroxyl groups is 2. The van der Waals surface area contributed by atoms with Crippen LogP contribution in [0.4, 0.5) is 0 Å². The fourth-order valence-corrected chi connectivity index (χ4v) is 4.97. The Labute approximate surface area is 208 Å². The second kappa shape index (κ2) is 12.2. The number of carbonyl (C=O) groups is 2. The van der Waals surface area contributed by atoms with Gasteiger partial charge < -0.3 is 14.9 Å². The van der Waals surface area contributed by atoms with Gasteiger partial charge in [-0.05, 0) is 57.6 Å². The molecule has 5 atom stereocenters. The maximum atomic E-state index is 13.2. The number of aryl methyl sites for hydroxylation is 1. The number of aliphatic hydroxyl groups excluding tert-OH is 2. The summed E-state index contributed by atoms with van der Waals surface area (Å²) in [6.45, 7) is 12.8. The van der Waals surface area contributed by atoms with E-state index < -0.39 is 35.6 Å². The van der Waals surface area contributed by atoms with Crippen molar-refractivity contribution in [3.05, 3.63) is 33.3 Å². The Balaban J connectivity index is 2.33. The molecule has 2 N–H and O–H groups in total. The summed E-state index contributed by atoms with van der Waals surface area (Å²) >= 11 is 1.56. The summed E-state index contributed by atoms with van der Waals surface area (Å²) in [5.74, 6) is -1.49. The van der Waals surface area contributed by atoms with Gasteiger partial charge in [-0.25, -0.2) is 4.98 Å². The van der Waals surface area contributed by atoms with E-state index in [0.29, 0.717) is 6.42 Å². The van der Waals surface area contributed by atoms with Gasteiger partial charge in [-0.15, -0.1) is 11.3 Å². The predicted molar refractivity (Wildman–Crippen MR) is 136 cm³/mol. The number of esters is 1. The van der Waals surface area contributed by atoms with Crippen LogP contribution in [0.25, 0.3) is 6.08 Å². The standard InChI is InChI=1S/C27H41NO5S/c1-16-9-8-10-17(2)25(31)19(4)26(32)27(6,7)23(29)14-24(30)33-22(12-11-16)18(3)13-21-15-34-20(5)28-21/h11,13,15,17,19,22-23,25,29,31H,8-10,12,14H2,1-7H3/b16-11+,18-13+/t17-,19+,22+,23-,25-/m0/s1. The first-order valence-electron chi connectivity index (χ1n) is 12.2. The first kappa shape index (κ1) is 28.4. The number of aromatic nitrogens is 1. The zero-order valence-electron chi connectivity index (χ0n) is 21.6. The van der Waals surface area contributed by atoms with Gasteiger partial charge in [-0.1, -0.05) is 39.3 Å². The lowest BCUT2D eigenvalue weighted by molar-refractivity contribution is -0.154. The van der Waals surface area contributed by atoms with Gasteiger partial charge in [0.05, 0.1) is 34.7 Å². The van der Waals surface area contributed by atoms with Crippen molar-refractivity contribution in [1.82, 2.24) is 4.98 Å². The molecule has 0 spiro atoms. The van der Waals surface area contributed by atoms with Crippen molar-refractivity contribution in [3.8, 4) is 0 Å². The van der Waals surface area contributed by atoms with Crippen molar-refractivity contribution in [2.24, 2.45) is 17.3 Å². The van der Waals surface area contributed by atoms with E-state index in [2.05, 4.69) is 18.0 Å². The SMILES string of the molecule is C/C1=C\C[C@H](/C(C)=C/c2csc(C)n2)OC(=O)C[C@H](O)C(C)(C)C(=O)[C@H](C)[C@@H](O)[C@@H](C)CCC1. The van der Waals surface area contributed by atoms with Crippen LogP contribution in [0.3, 0.4) is 0 Å². The lowest BCUT2D eigenvalue weighted by atomic mass is 9.73. The summed E-state index contributed by atoms with van der Waals surface area (Å²) in [6.07, 6.45) is 4.33. The number of cyclic esters (lactones) is 1. The first-order valence-corrected chi connectivity index (χ1v) is 13.1. The van der Waals surface area contributed by atoms with Crippen molar-refractivity contribution in [2.75, 3.05) is 0 Å². The third-order valence-corrected chi connectivity index (χ3v) is 7.83. The number of hydrogen-bond acceptors (Lipinski definition) is 7. The van der Waals surface area contributed by atoms with Crippen LogP contribution in [0.5, 0.6) is 0 Å². The van der Waals surface area contributed by atoms with Crippen molar-refractivity contribution < 1.29 is 24.5 Å². The highest BCUT2D eigenvalue weighted by Crippen LogP contribution is 2.32. The van der Waals surface area contributed by atoms with Gasteiger partial charge in [0.1, 0.15) is 11.9 Å². The molecular formula is C27H41NO5S. The molecule has 7 heteroatoms. The van der Waals surface area contributed by atoms with Crippen LogP contribution in [-0.2, 0) is 14.3 Å². The van der Waals surface area contributed by atoms with Crippen LogP contribution in [0.15, 0.2) is 22.6 Å². The number of hydrogen-bond donors (Lipinski definition) is 2.